The predicted octanol–water partition coefficient (Wildman–Crippen LogP) is 3.54. The molecule has 2 rings (SSSR count). The molecule has 20 heavy (non-hydrogen) atoms. The molecule has 0 saturated heterocycles. The standard InChI is InChI=1S/C15H15N3O2/c1-12-2-4-13(5-3-12)10-16-11-17-14-6-8-15(9-7-14)18(19)20/h2-9,11H,10H2,1H3,(H,16,17). The van der Waals surface area contributed by atoms with Gasteiger partial charge in [0.25, 0.3) is 5.69 Å². The Balaban J connectivity index is 1.86. The Kier molecular flexibility index (Phi) is 4.44. The van der Waals surface area contributed by atoms with Crippen molar-refractivity contribution in [2.24, 2.45) is 4.99 Å². The second-order valence-corrected chi connectivity index (χ2v) is 4.40. The number of aryl methyl sites for hydroxylation is 1. The molecule has 2 aromatic rings. The molecule has 0 unspecified atom stereocenters. The minimum Gasteiger partial charge on any atom is -0.347 e. The monoisotopic (exact) mass is 269 g/mol. The van der Waals surface area contributed by atoms with Gasteiger partial charge in [-0.1, -0.05) is 29.8 Å². The molecule has 2 aromatic carbocycles. The van der Waals surface area contributed by atoms with Crippen LogP contribution in [0, 0.1) is 17.0 Å². The highest BCUT2D eigenvalue weighted by Gasteiger charge is 2.02. The van der Waals surface area contributed by atoms with Crippen molar-refractivity contribution in [1.29, 1.82) is 0 Å². The zero-order chi connectivity index (χ0) is 14.4. The Morgan fingerprint density at radius 3 is 2.40 bits per heavy atom. The summed E-state index contributed by atoms with van der Waals surface area (Å²) in [5.41, 5.74) is 3.20. The molecule has 5 nitrogen and oxygen atoms in total. The van der Waals surface area contributed by atoms with Gasteiger partial charge in [-0.2, -0.15) is 0 Å². The van der Waals surface area contributed by atoms with Gasteiger partial charge in [-0.05, 0) is 24.6 Å². The van der Waals surface area contributed by atoms with Gasteiger partial charge in [-0.3, -0.25) is 15.1 Å². The van der Waals surface area contributed by atoms with Crippen LogP contribution in [0.15, 0.2) is 53.5 Å². The van der Waals surface area contributed by atoms with Crippen molar-refractivity contribution in [2.75, 3.05) is 5.32 Å². The van der Waals surface area contributed by atoms with E-state index in [1.54, 1.807) is 18.5 Å². The molecule has 0 radical (unpaired) electrons. The first-order chi connectivity index (χ1) is 9.65. The van der Waals surface area contributed by atoms with Crippen LogP contribution in [-0.2, 0) is 6.54 Å². The van der Waals surface area contributed by atoms with E-state index in [4.69, 9.17) is 0 Å². The maximum Gasteiger partial charge on any atom is 0.269 e. The van der Waals surface area contributed by atoms with Crippen LogP contribution in [0.5, 0.6) is 0 Å². The lowest BCUT2D eigenvalue weighted by atomic mass is 10.1. The number of nitro benzene ring substituents is 1. The highest BCUT2D eigenvalue weighted by atomic mass is 16.6. The minimum atomic E-state index is -0.421. The minimum absolute atomic E-state index is 0.0761. The Morgan fingerprint density at radius 2 is 1.80 bits per heavy atom. The molecule has 0 aromatic heterocycles. The van der Waals surface area contributed by atoms with Crippen molar-refractivity contribution >= 4 is 17.7 Å². The Morgan fingerprint density at radius 1 is 1.15 bits per heavy atom. The lowest BCUT2D eigenvalue weighted by molar-refractivity contribution is -0.384. The third kappa shape index (κ3) is 3.91. The van der Waals surface area contributed by atoms with Crippen molar-refractivity contribution in [3.8, 4) is 0 Å². The first-order valence-corrected chi connectivity index (χ1v) is 6.20. The van der Waals surface area contributed by atoms with Crippen molar-refractivity contribution < 1.29 is 4.92 Å². The van der Waals surface area contributed by atoms with Crippen LogP contribution in [0.4, 0.5) is 11.4 Å². The highest BCUT2D eigenvalue weighted by molar-refractivity contribution is 5.75. The second kappa shape index (κ2) is 6.47. The topological polar surface area (TPSA) is 67.5 Å². The molecule has 102 valence electrons. The van der Waals surface area contributed by atoms with Crippen LogP contribution in [0.3, 0.4) is 0 Å². The Hall–Kier alpha value is -2.69. The number of anilines is 1. The van der Waals surface area contributed by atoms with Crippen molar-refractivity contribution in [3.05, 3.63) is 69.8 Å². The molecular formula is C15H15N3O2. The van der Waals surface area contributed by atoms with Crippen molar-refractivity contribution in [2.45, 2.75) is 13.5 Å². The maximum absolute atomic E-state index is 10.5. The van der Waals surface area contributed by atoms with Crippen LogP contribution in [0.25, 0.3) is 0 Å². The molecule has 0 aliphatic heterocycles. The Bertz CT molecular complexity index is 604. The molecule has 5 heteroatoms. The van der Waals surface area contributed by atoms with Crippen LogP contribution < -0.4 is 5.32 Å². The quantitative estimate of drug-likeness (QED) is 0.390. The molecule has 0 atom stereocenters. The fraction of sp³-hybridized carbons (Fsp3) is 0.133. The third-order valence-corrected chi connectivity index (χ3v) is 2.80. The van der Waals surface area contributed by atoms with Gasteiger partial charge >= 0.3 is 0 Å². The Labute approximate surface area is 117 Å². The van der Waals surface area contributed by atoms with Crippen molar-refractivity contribution in [1.82, 2.24) is 0 Å². The SMILES string of the molecule is Cc1ccc(CN=CNc2ccc([N+](=O)[O-])cc2)cc1. The number of non-ortho nitro benzene ring substituents is 1. The van der Waals surface area contributed by atoms with Crippen LogP contribution in [-0.4, -0.2) is 11.3 Å². The summed E-state index contributed by atoms with van der Waals surface area (Å²) in [6, 6.07) is 14.4. The smallest absolute Gasteiger partial charge is 0.269 e. The maximum atomic E-state index is 10.5. The largest absolute Gasteiger partial charge is 0.347 e. The van der Waals surface area contributed by atoms with Gasteiger partial charge in [0.2, 0.25) is 0 Å². The molecule has 0 saturated carbocycles. The second-order valence-electron chi connectivity index (χ2n) is 4.40. The average Bonchev–Trinajstić information content (AvgIpc) is 2.46. The zero-order valence-electron chi connectivity index (χ0n) is 11.1. The van der Waals surface area contributed by atoms with E-state index in [0.29, 0.717) is 6.54 Å². The summed E-state index contributed by atoms with van der Waals surface area (Å²) < 4.78 is 0. The van der Waals surface area contributed by atoms with Gasteiger partial charge in [-0.25, -0.2) is 0 Å². The van der Waals surface area contributed by atoms with Crippen LogP contribution >= 0.6 is 0 Å². The van der Waals surface area contributed by atoms with Crippen LogP contribution in [0.1, 0.15) is 11.1 Å². The molecule has 0 bridgehead atoms. The lowest BCUT2D eigenvalue weighted by Gasteiger charge is -2.00. The summed E-state index contributed by atoms with van der Waals surface area (Å²) in [7, 11) is 0. The van der Waals surface area contributed by atoms with E-state index in [2.05, 4.69) is 22.4 Å². The number of nitrogens with zero attached hydrogens (tertiary/aromatic N) is 2. The van der Waals surface area contributed by atoms with E-state index in [1.807, 2.05) is 19.1 Å². The number of aliphatic imine (C=N–C) groups is 1. The molecular weight excluding hydrogens is 254 g/mol. The third-order valence-electron chi connectivity index (χ3n) is 2.80. The summed E-state index contributed by atoms with van der Waals surface area (Å²) in [4.78, 5) is 14.3. The highest BCUT2D eigenvalue weighted by Crippen LogP contribution is 2.14. The van der Waals surface area contributed by atoms with E-state index in [1.165, 1.54) is 17.7 Å². The van der Waals surface area contributed by atoms with Crippen LogP contribution in [0.2, 0.25) is 0 Å². The predicted molar refractivity (Wildman–Crippen MR) is 80.1 cm³/mol. The molecule has 0 aliphatic carbocycles. The van der Waals surface area contributed by atoms with Crippen molar-refractivity contribution in [3.63, 3.8) is 0 Å². The van der Waals surface area contributed by atoms with E-state index in [0.717, 1.165) is 11.3 Å². The van der Waals surface area contributed by atoms with E-state index in [-0.39, 0.29) is 5.69 Å². The first kappa shape index (κ1) is 13.7. The summed E-state index contributed by atoms with van der Waals surface area (Å²) in [5.74, 6) is 0. The molecule has 1 N–H and O–H groups in total. The number of benzene rings is 2. The van der Waals surface area contributed by atoms with E-state index >= 15 is 0 Å². The number of nitrogens with one attached hydrogen (secondary N) is 1. The average molecular weight is 269 g/mol. The van der Waals surface area contributed by atoms with Gasteiger partial charge in [0.15, 0.2) is 0 Å². The molecule has 0 aliphatic rings. The number of hydrogen-bond acceptors (Lipinski definition) is 3. The summed E-state index contributed by atoms with van der Waals surface area (Å²) >= 11 is 0. The number of nitro groups is 1. The normalized spacial score (nSPS) is 10.7. The van der Waals surface area contributed by atoms with E-state index in [9.17, 15) is 10.1 Å². The van der Waals surface area contributed by atoms with Gasteiger partial charge in [-0.15, -0.1) is 0 Å². The molecule has 0 fully saturated rings. The number of rotatable bonds is 5. The molecule has 0 heterocycles. The van der Waals surface area contributed by atoms with Gasteiger partial charge in [0.1, 0.15) is 0 Å². The first-order valence-electron chi connectivity index (χ1n) is 6.20. The van der Waals surface area contributed by atoms with Gasteiger partial charge in [0.05, 0.1) is 17.8 Å². The summed E-state index contributed by atoms with van der Waals surface area (Å²) in [6.45, 7) is 2.64. The number of hydrogen-bond donors (Lipinski definition) is 1. The molecule has 0 amide bonds. The fourth-order valence-corrected chi connectivity index (χ4v) is 1.64. The summed E-state index contributed by atoms with van der Waals surface area (Å²) in [5, 5.41) is 13.5. The van der Waals surface area contributed by atoms with Gasteiger partial charge in [0, 0.05) is 17.8 Å². The van der Waals surface area contributed by atoms with Gasteiger partial charge < -0.3 is 5.32 Å². The fourth-order valence-electron chi connectivity index (χ4n) is 1.64. The van der Waals surface area contributed by atoms with E-state index < -0.39 is 4.92 Å². The zero-order valence-corrected chi connectivity index (χ0v) is 11.1. The summed E-state index contributed by atoms with van der Waals surface area (Å²) in [6.07, 6.45) is 1.60. The molecule has 0 spiro atoms. The lowest BCUT2D eigenvalue weighted by Crippen LogP contribution is -1.96.